The topological polar surface area (TPSA) is 55.1 Å². The minimum atomic E-state index is -0.426. The maximum Gasteiger partial charge on any atom is 0.241 e. The van der Waals surface area contributed by atoms with Crippen LogP contribution in [0.4, 0.5) is 5.69 Å². The molecule has 3 nitrogen and oxygen atoms in total. The van der Waals surface area contributed by atoms with Gasteiger partial charge in [0.25, 0.3) is 0 Å². The molecule has 0 fully saturated rings. The highest BCUT2D eigenvalue weighted by Crippen LogP contribution is 2.20. The number of anilines is 1. The number of benzene rings is 1. The molecule has 0 aliphatic rings. The van der Waals surface area contributed by atoms with Crippen molar-refractivity contribution in [1.29, 1.82) is 0 Å². The monoisotopic (exact) mass is 284 g/mol. The van der Waals surface area contributed by atoms with E-state index in [-0.39, 0.29) is 5.91 Å². The van der Waals surface area contributed by atoms with Crippen molar-refractivity contribution in [3.63, 3.8) is 0 Å². The first-order valence-electron chi connectivity index (χ1n) is 5.37. The Morgan fingerprint density at radius 2 is 2.25 bits per heavy atom. The van der Waals surface area contributed by atoms with Gasteiger partial charge < -0.3 is 11.1 Å². The summed E-state index contributed by atoms with van der Waals surface area (Å²) in [6, 6.07) is 5.28. The lowest BCUT2D eigenvalue weighted by Gasteiger charge is -2.11. The summed E-state index contributed by atoms with van der Waals surface area (Å²) in [6.07, 6.45) is 1.62. The number of nitrogens with one attached hydrogen (secondary N) is 1. The second-order valence-electron chi connectivity index (χ2n) is 3.85. The molecule has 16 heavy (non-hydrogen) atoms. The second-order valence-corrected chi connectivity index (χ2v) is 4.70. The van der Waals surface area contributed by atoms with E-state index in [0.717, 1.165) is 22.1 Å². The molecule has 0 saturated heterocycles. The summed E-state index contributed by atoms with van der Waals surface area (Å²) in [5.74, 6) is -0.127. The molecule has 0 aliphatic heterocycles. The molecule has 1 aromatic rings. The van der Waals surface area contributed by atoms with E-state index in [4.69, 9.17) is 5.73 Å². The van der Waals surface area contributed by atoms with Crippen molar-refractivity contribution in [2.75, 3.05) is 5.32 Å². The van der Waals surface area contributed by atoms with E-state index >= 15 is 0 Å². The minimum absolute atomic E-state index is 0.127. The molecule has 0 aromatic heterocycles. The average molecular weight is 285 g/mol. The molecule has 0 heterocycles. The summed E-state index contributed by atoms with van der Waals surface area (Å²) in [7, 11) is 0. The highest BCUT2D eigenvalue weighted by atomic mass is 79.9. The van der Waals surface area contributed by atoms with Gasteiger partial charge in [-0.1, -0.05) is 35.3 Å². The number of nitrogens with two attached hydrogens (primary N) is 1. The van der Waals surface area contributed by atoms with Crippen LogP contribution in [0.2, 0.25) is 0 Å². The fourth-order valence-electron chi connectivity index (χ4n) is 1.35. The molecular weight excluding hydrogens is 268 g/mol. The van der Waals surface area contributed by atoms with Gasteiger partial charge in [-0.15, -0.1) is 0 Å². The molecule has 0 unspecified atom stereocenters. The maximum atomic E-state index is 11.6. The Morgan fingerprint density at radius 3 is 2.81 bits per heavy atom. The zero-order chi connectivity index (χ0) is 12.1. The number of carbonyl (C=O) groups is 1. The molecule has 4 heteroatoms. The van der Waals surface area contributed by atoms with Gasteiger partial charge in [0.2, 0.25) is 5.91 Å². The van der Waals surface area contributed by atoms with Crippen LogP contribution in [0.15, 0.2) is 22.7 Å². The lowest BCUT2D eigenvalue weighted by atomic mass is 10.1. The summed E-state index contributed by atoms with van der Waals surface area (Å²) in [6.45, 7) is 4.01. The molecule has 0 aliphatic carbocycles. The normalized spacial score (nSPS) is 12.2. The predicted octanol–water partition coefficient (Wildman–Crippen LogP) is 2.82. The average Bonchev–Trinajstić information content (AvgIpc) is 2.24. The van der Waals surface area contributed by atoms with Gasteiger partial charge in [0.05, 0.1) is 6.04 Å². The van der Waals surface area contributed by atoms with Crippen molar-refractivity contribution in [1.82, 2.24) is 0 Å². The Hall–Kier alpha value is -0.870. The lowest BCUT2D eigenvalue weighted by Crippen LogP contribution is -2.35. The molecule has 1 atom stereocenters. The Bertz CT molecular complexity index is 379. The van der Waals surface area contributed by atoms with Crippen molar-refractivity contribution in [3.8, 4) is 0 Å². The maximum absolute atomic E-state index is 11.6. The van der Waals surface area contributed by atoms with Crippen LogP contribution in [-0.2, 0) is 4.79 Å². The van der Waals surface area contributed by atoms with Gasteiger partial charge in [-0.25, -0.2) is 0 Å². The fourth-order valence-corrected chi connectivity index (χ4v) is 1.73. The molecule has 1 rings (SSSR count). The van der Waals surface area contributed by atoms with Crippen molar-refractivity contribution in [3.05, 3.63) is 28.2 Å². The molecular formula is C12H17BrN2O. The van der Waals surface area contributed by atoms with Gasteiger partial charge in [-0.05, 0) is 31.0 Å². The molecule has 0 spiro atoms. The summed E-state index contributed by atoms with van der Waals surface area (Å²) < 4.78 is 0.981. The van der Waals surface area contributed by atoms with E-state index in [1.165, 1.54) is 0 Å². The summed E-state index contributed by atoms with van der Waals surface area (Å²) >= 11 is 3.42. The SMILES string of the molecule is CCC[C@@H](N)C(=O)Nc1ccc(C)c(Br)c1. The molecule has 0 radical (unpaired) electrons. The first kappa shape index (κ1) is 13.2. The predicted molar refractivity (Wildman–Crippen MR) is 70.4 cm³/mol. The Morgan fingerprint density at radius 1 is 1.56 bits per heavy atom. The van der Waals surface area contributed by atoms with Crippen molar-refractivity contribution < 1.29 is 4.79 Å². The van der Waals surface area contributed by atoms with Gasteiger partial charge in [-0.2, -0.15) is 0 Å². The molecule has 3 N–H and O–H groups in total. The van der Waals surface area contributed by atoms with E-state index < -0.39 is 6.04 Å². The Balaban J connectivity index is 2.66. The van der Waals surface area contributed by atoms with E-state index in [9.17, 15) is 4.79 Å². The number of aryl methyl sites for hydroxylation is 1. The molecule has 0 saturated carbocycles. The van der Waals surface area contributed by atoms with Crippen LogP contribution in [0.1, 0.15) is 25.3 Å². The van der Waals surface area contributed by atoms with Crippen LogP contribution >= 0.6 is 15.9 Å². The van der Waals surface area contributed by atoms with Gasteiger partial charge >= 0.3 is 0 Å². The van der Waals surface area contributed by atoms with Crippen LogP contribution in [0.5, 0.6) is 0 Å². The van der Waals surface area contributed by atoms with Gasteiger partial charge in [0.15, 0.2) is 0 Å². The third kappa shape index (κ3) is 3.61. The van der Waals surface area contributed by atoms with Crippen LogP contribution in [0.25, 0.3) is 0 Å². The number of carbonyl (C=O) groups excluding carboxylic acids is 1. The third-order valence-corrected chi connectivity index (χ3v) is 3.23. The van der Waals surface area contributed by atoms with Crippen LogP contribution in [0.3, 0.4) is 0 Å². The summed E-state index contributed by atoms with van der Waals surface area (Å²) in [5, 5.41) is 2.80. The summed E-state index contributed by atoms with van der Waals surface area (Å²) in [4.78, 5) is 11.6. The quantitative estimate of drug-likeness (QED) is 0.893. The molecule has 1 aromatic carbocycles. The molecule has 1 amide bonds. The number of halogens is 1. The van der Waals surface area contributed by atoms with Gasteiger partial charge in [0, 0.05) is 10.2 Å². The Kier molecular flexibility index (Phi) is 4.96. The van der Waals surface area contributed by atoms with E-state index in [2.05, 4.69) is 21.2 Å². The van der Waals surface area contributed by atoms with Crippen molar-refractivity contribution >= 4 is 27.5 Å². The first-order chi connectivity index (χ1) is 7.54. The highest BCUT2D eigenvalue weighted by molar-refractivity contribution is 9.10. The number of hydrogen-bond donors (Lipinski definition) is 2. The number of rotatable bonds is 4. The van der Waals surface area contributed by atoms with Crippen molar-refractivity contribution in [2.24, 2.45) is 5.73 Å². The summed E-state index contributed by atoms with van der Waals surface area (Å²) in [5.41, 5.74) is 7.63. The Labute approximate surface area is 105 Å². The standard InChI is InChI=1S/C12H17BrN2O/c1-3-4-11(14)12(16)15-9-6-5-8(2)10(13)7-9/h5-7,11H,3-4,14H2,1-2H3,(H,15,16)/t11-/m1/s1. The van der Waals surface area contributed by atoms with Gasteiger partial charge in [0.1, 0.15) is 0 Å². The highest BCUT2D eigenvalue weighted by Gasteiger charge is 2.12. The van der Waals surface area contributed by atoms with Crippen molar-refractivity contribution in [2.45, 2.75) is 32.7 Å². The zero-order valence-corrected chi connectivity index (χ0v) is 11.2. The zero-order valence-electron chi connectivity index (χ0n) is 9.59. The second kappa shape index (κ2) is 6.01. The number of amides is 1. The first-order valence-corrected chi connectivity index (χ1v) is 6.16. The van der Waals surface area contributed by atoms with Crippen LogP contribution in [-0.4, -0.2) is 11.9 Å². The van der Waals surface area contributed by atoms with E-state index in [0.29, 0.717) is 6.42 Å². The number of hydrogen-bond acceptors (Lipinski definition) is 2. The lowest BCUT2D eigenvalue weighted by molar-refractivity contribution is -0.117. The van der Waals surface area contributed by atoms with Crippen LogP contribution < -0.4 is 11.1 Å². The van der Waals surface area contributed by atoms with E-state index in [1.807, 2.05) is 32.0 Å². The van der Waals surface area contributed by atoms with Gasteiger partial charge in [-0.3, -0.25) is 4.79 Å². The third-order valence-electron chi connectivity index (χ3n) is 2.38. The van der Waals surface area contributed by atoms with Crippen LogP contribution in [0, 0.1) is 6.92 Å². The van der Waals surface area contributed by atoms with E-state index in [1.54, 1.807) is 0 Å². The largest absolute Gasteiger partial charge is 0.325 e. The minimum Gasteiger partial charge on any atom is -0.325 e. The smallest absolute Gasteiger partial charge is 0.241 e. The molecule has 0 bridgehead atoms. The molecule has 88 valence electrons. The fraction of sp³-hybridized carbons (Fsp3) is 0.417.